The van der Waals surface area contributed by atoms with Crippen LogP contribution in [0.4, 0.5) is 5.82 Å². The predicted octanol–water partition coefficient (Wildman–Crippen LogP) is 1.77. The molecule has 0 bridgehead atoms. The van der Waals surface area contributed by atoms with Crippen molar-refractivity contribution in [2.75, 3.05) is 52.2 Å². The summed E-state index contributed by atoms with van der Waals surface area (Å²) in [5.74, 6) is 2.24. The van der Waals surface area contributed by atoms with Gasteiger partial charge in [0.25, 0.3) is 0 Å². The largest absolute Gasteiger partial charge is 0.493 e. The second kappa shape index (κ2) is 7.61. The van der Waals surface area contributed by atoms with E-state index >= 15 is 0 Å². The summed E-state index contributed by atoms with van der Waals surface area (Å²) in [5, 5.41) is 3.46. The second-order valence-electron chi connectivity index (χ2n) is 6.09. The Balaban J connectivity index is 1.97. The second-order valence-corrected chi connectivity index (χ2v) is 6.09. The lowest BCUT2D eigenvalue weighted by molar-refractivity contribution is 0.0943. The molecule has 5 heteroatoms. The van der Waals surface area contributed by atoms with E-state index in [0.29, 0.717) is 12.0 Å². The van der Waals surface area contributed by atoms with E-state index in [0.717, 1.165) is 44.3 Å². The highest BCUT2D eigenvalue weighted by Gasteiger charge is 2.25. The fourth-order valence-electron chi connectivity index (χ4n) is 2.83. The van der Waals surface area contributed by atoms with Gasteiger partial charge in [-0.25, -0.2) is 4.98 Å². The van der Waals surface area contributed by atoms with Crippen LogP contribution in [0.15, 0.2) is 18.3 Å². The van der Waals surface area contributed by atoms with Crippen LogP contribution in [0.25, 0.3) is 0 Å². The third kappa shape index (κ3) is 4.32. The van der Waals surface area contributed by atoms with Crippen LogP contribution in [0, 0.1) is 5.92 Å². The van der Waals surface area contributed by atoms with E-state index in [9.17, 15) is 0 Å². The number of aromatic nitrogens is 1. The molecule has 0 aromatic carbocycles. The molecule has 1 aliphatic heterocycles. The maximum Gasteiger partial charge on any atom is 0.168 e. The first-order valence-corrected chi connectivity index (χ1v) is 7.77. The molecule has 21 heavy (non-hydrogen) atoms. The van der Waals surface area contributed by atoms with Gasteiger partial charge in [-0.2, -0.15) is 0 Å². The van der Waals surface area contributed by atoms with Gasteiger partial charge in [-0.3, -0.25) is 4.90 Å². The summed E-state index contributed by atoms with van der Waals surface area (Å²) in [6.07, 6.45) is 1.80. The average molecular weight is 292 g/mol. The lowest BCUT2D eigenvalue weighted by atomic mass is 10.0. The third-order valence-electron chi connectivity index (χ3n) is 4.25. The molecular weight excluding hydrogens is 264 g/mol. The van der Waals surface area contributed by atoms with Gasteiger partial charge in [0.15, 0.2) is 11.6 Å². The van der Waals surface area contributed by atoms with Crippen LogP contribution in [0.5, 0.6) is 5.75 Å². The third-order valence-corrected chi connectivity index (χ3v) is 4.25. The fourth-order valence-corrected chi connectivity index (χ4v) is 2.83. The molecule has 0 amide bonds. The van der Waals surface area contributed by atoms with Crippen LogP contribution in [0.2, 0.25) is 0 Å². The Labute approximate surface area is 128 Å². The molecule has 1 unspecified atom stereocenters. The number of methoxy groups -OCH3 is 1. The monoisotopic (exact) mass is 292 g/mol. The van der Waals surface area contributed by atoms with Crippen LogP contribution in [0.3, 0.4) is 0 Å². The predicted molar refractivity (Wildman–Crippen MR) is 87.0 cm³/mol. The Morgan fingerprint density at radius 3 is 2.62 bits per heavy atom. The van der Waals surface area contributed by atoms with Gasteiger partial charge in [0.2, 0.25) is 0 Å². The molecule has 2 rings (SSSR count). The van der Waals surface area contributed by atoms with Crippen molar-refractivity contribution in [1.29, 1.82) is 0 Å². The van der Waals surface area contributed by atoms with E-state index < -0.39 is 0 Å². The Kier molecular flexibility index (Phi) is 5.82. The minimum atomic E-state index is 0.519. The van der Waals surface area contributed by atoms with E-state index in [1.807, 2.05) is 12.1 Å². The molecule has 1 aromatic rings. The van der Waals surface area contributed by atoms with Crippen molar-refractivity contribution < 1.29 is 4.74 Å². The lowest BCUT2D eigenvalue weighted by Crippen LogP contribution is -2.52. The minimum absolute atomic E-state index is 0.519. The molecule has 0 saturated carbocycles. The standard InChI is InChI=1S/C16H28N4O/c1-13(2)14(20-10-8-19(3)9-11-20)12-18-16-15(21-4)6-5-7-17-16/h5-7,13-14H,8-12H2,1-4H3,(H,17,18). The van der Waals surface area contributed by atoms with Crippen LogP contribution in [-0.2, 0) is 0 Å². The first-order chi connectivity index (χ1) is 10.1. The summed E-state index contributed by atoms with van der Waals surface area (Å²) in [7, 11) is 3.88. The molecule has 0 spiro atoms. The molecule has 1 aromatic heterocycles. The molecule has 1 aliphatic rings. The summed E-state index contributed by atoms with van der Waals surface area (Å²) in [5.41, 5.74) is 0. The van der Waals surface area contributed by atoms with Crippen LogP contribution >= 0.6 is 0 Å². The average Bonchev–Trinajstić information content (AvgIpc) is 2.49. The Bertz CT molecular complexity index is 430. The number of piperazine rings is 1. The van der Waals surface area contributed by atoms with Gasteiger partial charge in [-0.15, -0.1) is 0 Å². The first-order valence-electron chi connectivity index (χ1n) is 7.77. The zero-order valence-corrected chi connectivity index (χ0v) is 13.7. The zero-order chi connectivity index (χ0) is 15.2. The van der Waals surface area contributed by atoms with Gasteiger partial charge in [0, 0.05) is 45.0 Å². The number of rotatable bonds is 6. The summed E-state index contributed by atoms with van der Waals surface area (Å²) < 4.78 is 5.35. The highest BCUT2D eigenvalue weighted by Crippen LogP contribution is 2.21. The number of nitrogens with zero attached hydrogens (tertiary/aromatic N) is 3. The van der Waals surface area contributed by atoms with Crippen molar-refractivity contribution in [2.45, 2.75) is 19.9 Å². The fraction of sp³-hybridized carbons (Fsp3) is 0.688. The quantitative estimate of drug-likeness (QED) is 0.865. The van der Waals surface area contributed by atoms with Crippen molar-refractivity contribution in [3.63, 3.8) is 0 Å². The van der Waals surface area contributed by atoms with Gasteiger partial charge in [-0.1, -0.05) is 13.8 Å². The van der Waals surface area contributed by atoms with Gasteiger partial charge >= 0.3 is 0 Å². The van der Waals surface area contributed by atoms with Gasteiger partial charge in [-0.05, 0) is 25.1 Å². The summed E-state index contributed by atoms with van der Waals surface area (Å²) in [6, 6.07) is 4.35. The highest BCUT2D eigenvalue weighted by molar-refractivity contribution is 5.49. The molecule has 5 nitrogen and oxygen atoms in total. The van der Waals surface area contributed by atoms with E-state index in [1.165, 1.54) is 0 Å². The number of hydrogen-bond donors (Lipinski definition) is 1. The molecule has 0 radical (unpaired) electrons. The van der Waals surface area contributed by atoms with Crippen molar-refractivity contribution in [3.05, 3.63) is 18.3 Å². The van der Waals surface area contributed by atoms with Crippen LogP contribution in [0.1, 0.15) is 13.8 Å². The molecule has 1 atom stereocenters. The summed E-state index contributed by atoms with van der Waals surface area (Å²) >= 11 is 0. The number of anilines is 1. The molecule has 1 saturated heterocycles. The van der Waals surface area contributed by atoms with Crippen molar-refractivity contribution in [3.8, 4) is 5.75 Å². The SMILES string of the molecule is COc1cccnc1NCC(C(C)C)N1CCN(C)CC1. The minimum Gasteiger partial charge on any atom is -0.493 e. The normalized spacial score (nSPS) is 18.7. The smallest absolute Gasteiger partial charge is 0.168 e. The molecule has 0 aliphatic carbocycles. The number of ether oxygens (including phenoxy) is 1. The van der Waals surface area contributed by atoms with Gasteiger partial charge in [0.1, 0.15) is 0 Å². The molecule has 2 heterocycles. The zero-order valence-electron chi connectivity index (χ0n) is 13.7. The maximum absolute atomic E-state index is 5.35. The van der Waals surface area contributed by atoms with Crippen LogP contribution < -0.4 is 10.1 Å². The Hall–Kier alpha value is -1.33. The van der Waals surface area contributed by atoms with E-state index in [-0.39, 0.29) is 0 Å². The lowest BCUT2D eigenvalue weighted by Gasteiger charge is -2.40. The van der Waals surface area contributed by atoms with Gasteiger partial charge in [0.05, 0.1) is 7.11 Å². The number of likely N-dealkylation sites (N-methyl/N-ethyl adjacent to an activating group) is 1. The Morgan fingerprint density at radius 2 is 2.00 bits per heavy atom. The first kappa shape index (κ1) is 16.0. The molecule has 1 N–H and O–H groups in total. The van der Waals surface area contributed by atoms with Crippen LogP contribution in [-0.4, -0.2) is 67.7 Å². The van der Waals surface area contributed by atoms with E-state index in [4.69, 9.17) is 4.74 Å². The summed E-state index contributed by atoms with van der Waals surface area (Å²) in [6.45, 7) is 10.1. The number of nitrogens with one attached hydrogen (secondary N) is 1. The van der Waals surface area contributed by atoms with Crippen molar-refractivity contribution >= 4 is 5.82 Å². The molecule has 1 fully saturated rings. The number of hydrogen-bond acceptors (Lipinski definition) is 5. The number of pyridine rings is 1. The maximum atomic E-state index is 5.35. The van der Waals surface area contributed by atoms with E-state index in [1.54, 1.807) is 13.3 Å². The Morgan fingerprint density at radius 1 is 1.29 bits per heavy atom. The highest BCUT2D eigenvalue weighted by atomic mass is 16.5. The van der Waals surface area contributed by atoms with Crippen molar-refractivity contribution in [2.24, 2.45) is 5.92 Å². The molecular formula is C16H28N4O. The molecule has 118 valence electrons. The van der Waals surface area contributed by atoms with Gasteiger partial charge < -0.3 is 15.0 Å². The topological polar surface area (TPSA) is 40.6 Å². The van der Waals surface area contributed by atoms with Crippen molar-refractivity contribution in [1.82, 2.24) is 14.8 Å². The summed E-state index contributed by atoms with van der Waals surface area (Å²) in [4.78, 5) is 9.36. The van der Waals surface area contributed by atoms with E-state index in [2.05, 4.69) is 41.0 Å².